The third kappa shape index (κ3) is 2.96. The van der Waals surface area contributed by atoms with Gasteiger partial charge in [0.15, 0.2) is 5.76 Å². The Bertz CT molecular complexity index is 772. The van der Waals surface area contributed by atoms with Crippen molar-refractivity contribution in [2.45, 2.75) is 30.2 Å². The van der Waals surface area contributed by atoms with Crippen molar-refractivity contribution in [2.24, 2.45) is 0 Å². The van der Waals surface area contributed by atoms with Crippen LogP contribution in [0.25, 0.3) is 11.0 Å². The largest absolute Gasteiger partial charge is 0.453 e. The van der Waals surface area contributed by atoms with Crippen LogP contribution in [-0.2, 0) is 4.79 Å². The molecule has 3 heterocycles. The van der Waals surface area contributed by atoms with Crippen LogP contribution in [0.3, 0.4) is 0 Å². The Labute approximate surface area is 149 Å². The molecule has 1 aromatic carbocycles. The van der Waals surface area contributed by atoms with Gasteiger partial charge >= 0.3 is 0 Å². The van der Waals surface area contributed by atoms with E-state index in [1.165, 1.54) is 11.8 Å². The van der Waals surface area contributed by atoms with Gasteiger partial charge in [0.05, 0.1) is 17.9 Å². The SMILES string of the molecule is O=C(c1cc2ccccc2o1)C1SCN[C@@H]1C(=O)N1CCC[C@H]1CO. The number of carbonyl (C=O) groups is 2. The van der Waals surface area contributed by atoms with Gasteiger partial charge in [-0.3, -0.25) is 14.9 Å². The zero-order valence-electron chi connectivity index (χ0n) is 13.7. The molecule has 2 aliphatic heterocycles. The van der Waals surface area contributed by atoms with E-state index in [4.69, 9.17) is 4.42 Å². The van der Waals surface area contributed by atoms with E-state index >= 15 is 0 Å². The molecule has 0 spiro atoms. The molecule has 1 aromatic heterocycles. The highest BCUT2D eigenvalue weighted by molar-refractivity contribution is 8.00. The monoisotopic (exact) mass is 360 g/mol. The number of nitrogens with zero attached hydrogens (tertiary/aromatic N) is 1. The molecule has 1 unspecified atom stereocenters. The Balaban J connectivity index is 1.56. The molecule has 4 rings (SSSR count). The molecule has 1 amide bonds. The van der Waals surface area contributed by atoms with E-state index in [0.29, 0.717) is 23.8 Å². The van der Waals surface area contributed by atoms with Crippen LogP contribution < -0.4 is 5.32 Å². The zero-order chi connectivity index (χ0) is 17.4. The fraction of sp³-hybridized carbons (Fsp3) is 0.444. The Hall–Kier alpha value is -1.83. The average molecular weight is 360 g/mol. The molecular weight excluding hydrogens is 340 g/mol. The van der Waals surface area contributed by atoms with Crippen molar-refractivity contribution in [1.82, 2.24) is 10.2 Å². The fourth-order valence-corrected chi connectivity index (χ4v) is 4.74. The molecule has 6 nitrogen and oxygen atoms in total. The van der Waals surface area contributed by atoms with E-state index in [-0.39, 0.29) is 24.3 Å². The molecule has 2 aromatic rings. The van der Waals surface area contributed by atoms with E-state index in [2.05, 4.69) is 5.32 Å². The number of rotatable bonds is 4. The van der Waals surface area contributed by atoms with Crippen LogP contribution in [0.2, 0.25) is 0 Å². The van der Waals surface area contributed by atoms with Crippen LogP contribution in [-0.4, -0.2) is 58.1 Å². The number of amides is 1. The third-order valence-corrected chi connectivity index (χ3v) is 6.11. The molecule has 25 heavy (non-hydrogen) atoms. The van der Waals surface area contributed by atoms with E-state index in [9.17, 15) is 14.7 Å². The number of thioether (sulfide) groups is 1. The predicted molar refractivity (Wildman–Crippen MR) is 95.5 cm³/mol. The summed E-state index contributed by atoms with van der Waals surface area (Å²) in [6.07, 6.45) is 1.70. The van der Waals surface area contributed by atoms with Crippen molar-refractivity contribution in [3.63, 3.8) is 0 Å². The minimum absolute atomic E-state index is 0.0339. The molecule has 132 valence electrons. The van der Waals surface area contributed by atoms with Gasteiger partial charge in [-0.15, -0.1) is 11.8 Å². The Kier molecular flexibility index (Phi) is 4.54. The van der Waals surface area contributed by atoms with Crippen molar-refractivity contribution < 1.29 is 19.1 Å². The van der Waals surface area contributed by atoms with Gasteiger partial charge in [0.2, 0.25) is 11.7 Å². The van der Waals surface area contributed by atoms with Gasteiger partial charge in [0.25, 0.3) is 0 Å². The lowest BCUT2D eigenvalue weighted by molar-refractivity contribution is -0.134. The number of aliphatic hydroxyl groups is 1. The molecule has 0 bridgehead atoms. The van der Waals surface area contributed by atoms with Crippen LogP contribution >= 0.6 is 11.8 Å². The maximum Gasteiger partial charge on any atom is 0.241 e. The van der Waals surface area contributed by atoms with Gasteiger partial charge in [0.1, 0.15) is 11.6 Å². The van der Waals surface area contributed by atoms with Crippen LogP contribution in [0.4, 0.5) is 0 Å². The normalized spacial score (nSPS) is 26.4. The fourth-order valence-electron chi connectivity index (χ4n) is 3.61. The molecule has 3 atom stereocenters. The number of fused-ring (bicyclic) bond motifs is 1. The number of carbonyl (C=O) groups excluding carboxylic acids is 2. The summed E-state index contributed by atoms with van der Waals surface area (Å²) in [5.41, 5.74) is 0.671. The summed E-state index contributed by atoms with van der Waals surface area (Å²) in [5.74, 6) is 0.575. The third-order valence-electron chi connectivity index (χ3n) is 4.93. The van der Waals surface area contributed by atoms with Gasteiger partial charge in [-0.25, -0.2) is 0 Å². The van der Waals surface area contributed by atoms with Crippen LogP contribution in [0.15, 0.2) is 34.7 Å². The molecule has 7 heteroatoms. The van der Waals surface area contributed by atoms with Gasteiger partial charge < -0.3 is 14.4 Å². The summed E-state index contributed by atoms with van der Waals surface area (Å²) in [5, 5.41) is 13.0. The topological polar surface area (TPSA) is 82.8 Å². The highest BCUT2D eigenvalue weighted by Crippen LogP contribution is 2.30. The summed E-state index contributed by atoms with van der Waals surface area (Å²) in [6.45, 7) is 0.603. The van der Waals surface area contributed by atoms with Crippen molar-refractivity contribution >= 4 is 34.4 Å². The van der Waals surface area contributed by atoms with Gasteiger partial charge in [-0.05, 0) is 25.0 Å². The average Bonchev–Trinajstić information content (AvgIpc) is 3.38. The Morgan fingerprint density at radius 2 is 2.20 bits per heavy atom. The number of likely N-dealkylation sites (tertiary alicyclic amines) is 1. The second kappa shape index (κ2) is 6.82. The molecular formula is C18H20N2O4S. The summed E-state index contributed by atoms with van der Waals surface area (Å²) < 4.78 is 5.68. The maximum absolute atomic E-state index is 12.9. The van der Waals surface area contributed by atoms with Crippen molar-refractivity contribution in [2.75, 3.05) is 19.0 Å². The lowest BCUT2D eigenvalue weighted by Gasteiger charge is -2.27. The number of benzene rings is 1. The number of Topliss-reactive ketones (excluding diaryl/α,β-unsaturated/α-hetero) is 1. The van der Waals surface area contributed by atoms with Gasteiger partial charge in [-0.1, -0.05) is 18.2 Å². The van der Waals surface area contributed by atoms with Gasteiger partial charge in [0, 0.05) is 17.8 Å². The van der Waals surface area contributed by atoms with E-state index in [0.717, 1.165) is 18.2 Å². The number of para-hydroxylation sites is 1. The summed E-state index contributed by atoms with van der Waals surface area (Å²) >= 11 is 1.43. The van der Waals surface area contributed by atoms with E-state index < -0.39 is 11.3 Å². The van der Waals surface area contributed by atoms with Crippen molar-refractivity contribution in [3.05, 3.63) is 36.1 Å². The summed E-state index contributed by atoms with van der Waals surface area (Å²) in [6, 6.07) is 8.51. The smallest absolute Gasteiger partial charge is 0.241 e. The number of hydrogen-bond donors (Lipinski definition) is 2. The molecule has 0 aliphatic carbocycles. The first-order valence-electron chi connectivity index (χ1n) is 8.48. The maximum atomic E-state index is 12.9. The first-order valence-corrected chi connectivity index (χ1v) is 9.53. The second-order valence-electron chi connectivity index (χ2n) is 6.44. The highest BCUT2D eigenvalue weighted by atomic mass is 32.2. The standard InChI is InChI=1S/C18H20N2O4S/c21-9-12-5-3-7-20(12)18(23)15-17(25-10-19-15)16(22)14-8-11-4-1-2-6-13(11)24-14/h1-2,4,6,8,12,15,17,19,21H,3,5,7,9-10H2/t12-,15-,17?/m0/s1. The first-order chi connectivity index (χ1) is 12.2. The Morgan fingerprint density at radius 1 is 1.36 bits per heavy atom. The summed E-state index contributed by atoms with van der Waals surface area (Å²) in [4.78, 5) is 27.5. The van der Waals surface area contributed by atoms with Crippen molar-refractivity contribution in [1.29, 1.82) is 0 Å². The number of ketones is 1. The first kappa shape index (κ1) is 16.6. The Morgan fingerprint density at radius 3 is 3.00 bits per heavy atom. The lowest BCUT2D eigenvalue weighted by atomic mass is 10.1. The van der Waals surface area contributed by atoms with Gasteiger partial charge in [-0.2, -0.15) is 0 Å². The lowest BCUT2D eigenvalue weighted by Crippen LogP contribution is -2.51. The van der Waals surface area contributed by atoms with E-state index in [1.807, 2.05) is 24.3 Å². The number of aliphatic hydroxyl groups excluding tert-OH is 1. The summed E-state index contributed by atoms with van der Waals surface area (Å²) in [7, 11) is 0. The molecule has 2 fully saturated rings. The molecule has 0 radical (unpaired) electrons. The molecule has 2 aliphatic rings. The highest BCUT2D eigenvalue weighted by Gasteiger charge is 2.43. The molecule has 2 saturated heterocycles. The van der Waals surface area contributed by atoms with Crippen LogP contribution in [0.5, 0.6) is 0 Å². The number of nitrogens with one attached hydrogen (secondary N) is 1. The number of furan rings is 1. The minimum atomic E-state index is -0.571. The zero-order valence-corrected chi connectivity index (χ0v) is 14.5. The van der Waals surface area contributed by atoms with Crippen LogP contribution in [0, 0.1) is 0 Å². The number of hydrogen-bond acceptors (Lipinski definition) is 6. The predicted octanol–water partition coefficient (Wildman–Crippen LogP) is 1.63. The van der Waals surface area contributed by atoms with Crippen LogP contribution in [0.1, 0.15) is 23.4 Å². The van der Waals surface area contributed by atoms with Crippen molar-refractivity contribution in [3.8, 4) is 0 Å². The minimum Gasteiger partial charge on any atom is -0.453 e. The van der Waals surface area contributed by atoms with E-state index in [1.54, 1.807) is 11.0 Å². The second-order valence-corrected chi connectivity index (χ2v) is 7.57. The quantitative estimate of drug-likeness (QED) is 0.807. The molecule has 0 saturated carbocycles. The molecule has 2 N–H and O–H groups in total.